The summed E-state index contributed by atoms with van der Waals surface area (Å²) in [5, 5.41) is 33.8. The number of ether oxygens (including phenoxy) is 2. The van der Waals surface area contributed by atoms with E-state index < -0.39 is 36.4 Å². The molecule has 0 saturated carbocycles. The van der Waals surface area contributed by atoms with Crippen LogP contribution in [0.1, 0.15) is 36.5 Å². The number of carboxylic acids is 1. The second-order valence-corrected chi connectivity index (χ2v) is 9.54. The van der Waals surface area contributed by atoms with Crippen LogP contribution < -0.4 is 20.1 Å². The number of unbranched alkanes of at least 4 members (excludes halogenated alkanes) is 1. The number of carbonyl (C=O) groups is 2. The zero-order valence-corrected chi connectivity index (χ0v) is 23.1. The quantitative estimate of drug-likeness (QED) is 0.173. The van der Waals surface area contributed by atoms with E-state index in [0.29, 0.717) is 63.4 Å². The molecule has 1 fully saturated rings. The Morgan fingerprint density at radius 1 is 1.07 bits per heavy atom. The normalized spacial score (nSPS) is 16.5. The smallest absolute Gasteiger partial charge is 0.490 e. The fourth-order valence-electron chi connectivity index (χ4n) is 4.01. The van der Waals surface area contributed by atoms with Crippen molar-refractivity contribution in [1.82, 2.24) is 15.5 Å². The largest absolute Gasteiger partial charge is 0.497 e. The Hall–Kier alpha value is -3.62. The van der Waals surface area contributed by atoms with Crippen molar-refractivity contribution in [3.8, 4) is 11.5 Å². The average molecular weight is 604 g/mol. The molecule has 3 rings (SSSR count). The minimum atomic E-state index is -5.08. The predicted octanol–water partition coefficient (Wildman–Crippen LogP) is 3.43. The Morgan fingerprint density at radius 2 is 1.69 bits per heavy atom. The van der Waals surface area contributed by atoms with Crippen LogP contribution in [0, 0.1) is 0 Å². The topological polar surface area (TPSA) is 141 Å². The number of nitrogens with one attached hydrogen (secondary N) is 2. The summed E-state index contributed by atoms with van der Waals surface area (Å²) < 4.78 is 54.7. The first-order valence-corrected chi connectivity index (χ1v) is 13.3. The number of aliphatic hydroxyl groups excluding tert-OH is 2. The van der Waals surface area contributed by atoms with Crippen LogP contribution >= 0.6 is 0 Å². The van der Waals surface area contributed by atoms with E-state index in [1.807, 2.05) is 29.2 Å². The molecule has 1 heterocycles. The molecule has 0 aromatic heterocycles. The monoisotopic (exact) mass is 603 g/mol. The van der Waals surface area contributed by atoms with E-state index >= 15 is 0 Å². The number of methoxy groups -OCH3 is 1. The van der Waals surface area contributed by atoms with Crippen LogP contribution in [-0.2, 0) is 11.3 Å². The van der Waals surface area contributed by atoms with Gasteiger partial charge in [0.1, 0.15) is 17.6 Å². The summed E-state index contributed by atoms with van der Waals surface area (Å²) in [4.78, 5) is 23.6. The summed E-state index contributed by atoms with van der Waals surface area (Å²) in [5.41, 5.74) is 1.56. The highest BCUT2D eigenvalue weighted by molar-refractivity contribution is 5.74. The minimum Gasteiger partial charge on any atom is -0.497 e. The molecule has 234 valence electrons. The van der Waals surface area contributed by atoms with E-state index in [0.717, 1.165) is 11.3 Å². The SMILES string of the molecule is COc1ccc(CNC(=O)N[C@H](CN2CC[C@@H](O)C2)[C@H](O)c2ccc(OCCCCF)cc2)cc1.O=C(O)C(F)(F)F. The van der Waals surface area contributed by atoms with Crippen molar-refractivity contribution in [2.45, 2.75) is 50.2 Å². The number of aliphatic hydroxyl groups is 2. The van der Waals surface area contributed by atoms with Gasteiger partial charge in [-0.05, 0) is 54.7 Å². The van der Waals surface area contributed by atoms with E-state index in [1.54, 1.807) is 31.4 Å². The number of amides is 2. The van der Waals surface area contributed by atoms with Gasteiger partial charge in [0.25, 0.3) is 0 Å². The lowest BCUT2D eigenvalue weighted by atomic mass is 10.0. The molecule has 0 aliphatic carbocycles. The number of alkyl halides is 4. The molecule has 2 aromatic rings. The maximum atomic E-state index is 12.7. The number of hydrogen-bond donors (Lipinski definition) is 5. The molecule has 3 atom stereocenters. The Bertz CT molecular complexity index is 1090. The molecule has 0 unspecified atom stereocenters. The molecule has 10 nitrogen and oxygen atoms in total. The van der Waals surface area contributed by atoms with Gasteiger partial charge < -0.3 is 35.4 Å². The molecule has 1 aliphatic rings. The number of carboxylic acid groups (broad SMARTS) is 1. The predicted molar refractivity (Wildman–Crippen MR) is 145 cm³/mol. The van der Waals surface area contributed by atoms with Gasteiger partial charge in [-0.15, -0.1) is 0 Å². The van der Waals surface area contributed by atoms with E-state index in [-0.39, 0.29) is 6.67 Å². The van der Waals surface area contributed by atoms with Crippen molar-refractivity contribution in [2.24, 2.45) is 0 Å². The highest BCUT2D eigenvalue weighted by Gasteiger charge is 2.38. The molecule has 2 amide bonds. The first-order chi connectivity index (χ1) is 19.9. The number of rotatable bonds is 13. The maximum Gasteiger partial charge on any atom is 0.490 e. The molecule has 2 aromatic carbocycles. The number of β-amino-alcohol motifs (C(OH)–C–C–N with tert-alkyl or cyclic N) is 1. The average Bonchev–Trinajstić information content (AvgIpc) is 3.38. The van der Waals surface area contributed by atoms with Crippen LogP contribution in [0.3, 0.4) is 0 Å². The molecule has 1 saturated heterocycles. The van der Waals surface area contributed by atoms with Crippen molar-refractivity contribution in [3.63, 3.8) is 0 Å². The second-order valence-electron chi connectivity index (χ2n) is 9.54. The maximum absolute atomic E-state index is 12.7. The van der Waals surface area contributed by atoms with Crippen molar-refractivity contribution in [2.75, 3.05) is 40.0 Å². The van der Waals surface area contributed by atoms with Gasteiger partial charge in [0.2, 0.25) is 0 Å². The van der Waals surface area contributed by atoms with Crippen molar-refractivity contribution < 1.29 is 51.9 Å². The zero-order chi connectivity index (χ0) is 31.1. The van der Waals surface area contributed by atoms with E-state index in [4.69, 9.17) is 19.4 Å². The van der Waals surface area contributed by atoms with Gasteiger partial charge in [-0.3, -0.25) is 9.29 Å². The third-order valence-electron chi connectivity index (χ3n) is 6.27. The Balaban J connectivity index is 0.000000782. The van der Waals surface area contributed by atoms with Crippen molar-refractivity contribution >= 4 is 12.0 Å². The van der Waals surface area contributed by atoms with Gasteiger partial charge in [0.05, 0.1) is 32.5 Å². The van der Waals surface area contributed by atoms with Gasteiger partial charge in [-0.2, -0.15) is 13.2 Å². The standard InChI is InChI=1S/C26H36FN3O5.C2HF3O2/c1-34-22-8-4-19(5-9-22)16-28-26(33)29-24(18-30-14-12-21(31)17-30)25(32)20-6-10-23(11-7-20)35-15-3-2-13-27;3-2(4,5)1(6)7/h4-11,21,24-25,31-32H,2-3,12-18H2,1H3,(H2,28,29,33);(H,6,7)/t21-,24-,25-;/m1./s1. The number of carbonyl (C=O) groups excluding carboxylic acids is 1. The van der Waals surface area contributed by atoms with Crippen LogP contribution in [0.25, 0.3) is 0 Å². The molecule has 0 spiro atoms. The minimum absolute atomic E-state index is 0.329. The van der Waals surface area contributed by atoms with Crippen molar-refractivity contribution in [3.05, 3.63) is 59.7 Å². The third kappa shape index (κ3) is 12.5. The summed E-state index contributed by atoms with van der Waals surface area (Å²) in [5.74, 6) is -1.37. The number of hydrogen-bond acceptors (Lipinski definition) is 7. The molecule has 1 aliphatic heterocycles. The van der Waals surface area contributed by atoms with Crippen LogP contribution in [0.2, 0.25) is 0 Å². The highest BCUT2D eigenvalue weighted by atomic mass is 19.4. The van der Waals surface area contributed by atoms with Crippen LogP contribution in [0.4, 0.5) is 22.4 Å². The first-order valence-electron chi connectivity index (χ1n) is 13.3. The molecule has 42 heavy (non-hydrogen) atoms. The molecule has 0 bridgehead atoms. The lowest BCUT2D eigenvalue weighted by molar-refractivity contribution is -0.192. The fraction of sp³-hybridized carbons (Fsp3) is 0.500. The number of benzene rings is 2. The second kappa shape index (κ2) is 17.4. The summed E-state index contributed by atoms with van der Waals surface area (Å²) >= 11 is 0. The molecule has 0 radical (unpaired) electrons. The molecule has 5 N–H and O–H groups in total. The molecular weight excluding hydrogens is 566 g/mol. The summed E-state index contributed by atoms with van der Waals surface area (Å²) in [6.07, 6.45) is -4.66. The van der Waals surface area contributed by atoms with Crippen LogP contribution in [0.15, 0.2) is 48.5 Å². The third-order valence-corrected chi connectivity index (χ3v) is 6.27. The number of likely N-dealkylation sites (tertiary alicyclic amines) is 1. The van der Waals surface area contributed by atoms with Gasteiger partial charge in [0, 0.05) is 26.2 Å². The van der Waals surface area contributed by atoms with E-state index in [9.17, 15) is 32.6 Å². The number of urea groups is 1. The Morgan fingerprint density at radius 3 is 2.21 bits per heavy atom. The van der Waals surface area contributed by atoms with Crippen LogP contribution in [0.5, 0.6) is 11.5 Å². The fourth-order valence-corrected chi connectivity index (χ4v) is 4.01. The lowest BCUT2D eigenvalue weighted by Gasteiger charge is -2.29. The number of nitrogens with zero attached hydrogens (tertiary/aromatic N) is 1. The first kappa shape index (κ1) is 34.6. The summed E-state index contributed by atoms with van der Waals surface area (Å²) in [7, 11) is 1.60. The molecule has 14 heteroatoms. The van der Waals surface area contributed by atoms with Crippen molar-refractivity contribution in [1.29, 1.82) is 0 Å². The number of aliphatic carboxylic acids is 1. The van der Waals surface area contributed by atoms with E-state index in [1.165, 1.54) is 0 Å². The Labute approximate surface area is 241 Å². The van der Waals surface area contributed by atoms with Crippen LogP contribution in [-0.4, -0.2) is 90.6 Å². The summed E-state index contributed by atoms with van der Waals surface area (Å²) in [6, 6.07) is 13.5. The van der Waals surface area contributed by atoms with Gasteiger partial charge in [-0.1, -0.05) is 24.3 Å². The van der Waals surface area contributed by atoms with Gasteiger partial charge in [-0.25, -0.2) is 9.59 Å². The Kier molecular flexibility index (Phi) is 14.3. The summed E-state index contributed by atoms with van der Waals surface area (Å²) in [6.45, 7) is 2.01. The van der Waals surface area contributed by atoms with Gasteiger partial charge >= 0.3 is 18.2 Å². The number of halogens is 4. The van der Waals surface area contributed by atoms with E-state index in [2.05, 4.69) is 10.6 Å². The lowest BCUT2D eigenvalue weighted by Crippen LogP contribution is -2.50. The zero-order valence-electron chi connectivity index (χ0n) is 23.1. The highest BCUT2D eigenvalue weighted by Crippen LogP contribution is 2.23. The van der Waals surface area contributed by atoms with Gasteiger partial charge in [0.15, 0.2) is 0 Å². The molecular formula is C28H37F4N3O7.